The van der Waals surface area contributed by atoms with Gasteiger partial charge in [-0.15, -0.1) is 0 Å². The molecule has 1 unspecified atom stereocenters. The molecular formula is C47H52N4O6. The highest BCUT2D eigenvalue weighted by atomic mass is 16.5. The normalized spacial score (nSPS) is 21.7. The summed E-state index contributed by atoms with van der Waals surface area (Å²) >= 11 is 0. The molecule has 10 heteroatoms. The van der Waals surface area contributed by atoms with Gasteiger partial charge in [0.1, 0.15) is 17.5 Å². The lowest BCUT2D eigenvalue weighted by Gasteiger charge is -2.38. The van der Waals surface area contributed by atoms with Crippen molar-refractivity contribution in [3.05, 3.63) is 130 Å². The van der Waals surface area contributed by atoms with E-state index in [0.717, 1.165) is 69.3 Å². The van der Waals surface area contributed by atoms with E-state index in [1.54, 1.807) is 12.1 Å². The van der Waals surface area contributed by atoms with Gasteiger partial charge in [0, 0.05) is 44.1 Å². The van der Waals surface area contributed by atoms with E-state index in [2.05, 4.69) is 71.3 Å². The van der Waals surface area contributed by atoms with Crippen molar-refractivity contribution in [2.24, 2.45) is 5.92 Å². The Bertz CT molecular complexity index is 2050. The molecule has 0 aromatic heterocycles. The minimum Gasteiger partial charge on any atom is -0.508 e. The van der Waals surface area contributed by atoms with Crippen LogP contribution in [0.1, 0.15) is 107 Å². The molecule has 4 aromatic rings. The number of hydrogen-bond acceptors (Lipinski definition) is 6. The maximum atomic E-state index is 13.5. The first-order valence-corrected chi connectivity index (χ1v) is 20.7. The second-order valence-corrected chi connectivity index (χ2v) is 16.2. The number of aromatic hydroxyl groups is 1. The molecule has 4 aliphatic rings. The van der Waals surface area contributed by atoms with Crippen LogP contribution in [0.2, 0.25) is 0 Å². The fourth-order valence-corrected chi connectivity index (χ4v) is 9.39. The Labute approximate surface area is 334 Å². The number of aryl methyl sites for hydroxylation is 1. The van der Waals surface area contributed by atoms with Gasteiger partial charge in [-0.25, -0.2) is 4.79 Å². The number of amides is 5. The molecule has 1 aliphatic carbocycles. The molecule has 3 aliphatic heterocycles. The zero-order valence-electron chi connectivity index (χ0n) is 32.4. The Hall–Kier alpha value is -5.64. The highest BCUT2D eigenvalue weighted by Crippen LogP contribution is 2.47. The number of urea groups is 1. The number of piperidine rings is 3. The number of likely N-dealkylation sites (tertiary alicyclic amines) is 2. The van der Waals surface area contributed by atoms with Gasteiger partial charge in [0.2, 0.25) is 11.8 Å². The van der Waals surface area contributed by atoms with Gasteiger partial charge in [0.25, 0.3) is 5.91 Å². The average Bonchev–Trinajstić information content (AvgIpc) is 3.25. The standard InChI is InChI=1S/C47H52N4O6/c52-38-13-17-41-37(30-38)12-16-40(34-4-2-1-3-5-34)44(41)35-10-14-39(15-11-35)57-29-24-31-20-25-50(26-21-31)47(56)51-27-22-33(23-28-51)32-6-8-36(9-7-32)45(54)48-42-18-19-43(53)49-46(42)55/h1-11,13-15,17,30-31,33,40,42,44,52H,12,16,18-29H2,(H,48,54)(H,49,53,55)/t40-,42?,44+/m1/s1. The van der Waals surface area contributed by atoms with E-state index in [1.807, 2.05) is 34.1 Å². The largest absolute Gasteiger partial charge is 0.508 e. The minimum atomic E-state index is -0.703. The third-order valence-corrected chi connectivity index (χ3v) is 12.7. The van der Waals surface area contributed by atoms with Crippen LogP contribution in [0.4, 0.5) is 4.79 Å². The first-order chi connectivity index (χ1) is 27.8. The van der Waals surface area contributed by atoms with Crippen LogP contribution in [0.25, 0.3) is 0 Å². The lowest BCUT2D eigenvalue weighted by Crippen LogP contribution is -2.52. The van der Waals surface area contributed by atoms with E-state index in [-0.39, 0.29) is 30.2 Å². The quantitative estimate of drug-likeness (QED) is 0.154. The third-order valence-electron chi connectivity index (χ3n) is 12.7. The van der Waals surface area contributed by atoms with Crippen molar-refractivity contribution in [3.63, 3.8) is 0 Å². The molecule has 5 amide bonds. The Morgan fingerprint density at radius 1 is 0.737 bits per heavy atom. The Balaban J connectivity index is 0.768. The molecule has 3 saturated heterocycles. The average molecular weight is 769 g/mol. The predicted octanol–water partition coefficient (Wildman–Crippen LogP) is 7.27. The van der Waals surface area contributed by atoms with Crippen LogP contribution in [-0.2, 0) is 16.0 Å². The lowest BCUT2D eigenvalue weighted by molar-refractivity contribution is -0.134. The van der Waals surface area contributed by atoms with Crippen molar-refractivity contribution >= 4 is 23.8 Å². The number of nitrogens with one attached hydrogen (secondary N) is 2. The number of fused-ring (bicyclic) bond motifs is 1. The minimum absolute atomic E-state index is 0.135. The zero-order valence-corrected chi connectivity index (χ0v) is 32.4. The molecule has 296 valence electrons. The van der Waals surface area contributed by atoms with Gasteiger partial charge in [-0.1, -0.05) is 60.7 Å². The van der Waals surface area contributed by atoms with E-state index in [9.17, 15) is 24.3 Å². The molecule has 0 spiro atoms. The van der Waals surface area contributed by atoms with Crippen LogP contribution < -0.4 is 15.4 Å². The molecule has 10 nitrogen and oxygen atoms in total. The predicted molar refractivity (Wildman–Crippen MR) is 217 cm³/mol. The lowest BCUT2D eigenvalue weighted by atomic mass is 9.69. The highest BCUT2D eigenvalue weighted by Gasteiger charge is 2.33. The number of nitrogens with zero attached hydrogens (tertiary/aromatic N) is 2. The molecule has 3 fully saturated rings. The number of carbonyl (C=O) groups is 4. The van der Waals surface area contributed by atoms with Gasteiger partial charge in [0.05, 0.1) is 6.61 Å². The number of hydrogen-bond donors (Lipinski definition) is 3. The van der Waals surface area contributed by atoms with Gasteiger partial charge < -0.3 is 25.0 Å². The van der Waals surface area contributed by atoms with Crippen LogP contribution in [0.5, 0.6) is 11.5 Å². The fraction of sp³-hybridized carbons (Fsp3) is 0.404. The fourth-order valence-electron chi connectivity index (χ4n) is 9.39. The summed E-state index contributed by atoms with van der Waals surface area (Å²) in [6, 6.07) is 32.1. The molecule has 4 aromatic carbocycles. The van der Waals surface area contributed by atoms with Crippen molar-refractivity contribution in [1.29, 1.82) is 0 Å². The second kappa shape index (κ2) is 17.2. The Kier molecular flexibility index (Phi) is 11.6. The number of phenols is 1. The van der Waals surface area contributed by atoms with Gasteiger partial charge in [-0.05, 0) is 133 Å². The van der Waals surface area contributed by atoms with Crippen molar-refractivity contribution < 1.29 is 29.0 Å². The van der Waals surface area contributed by atoms with E-state index in [1.165, 1.54) is 22.3 Å². The number of ether oxygens (including phenoxy) is 1. The summed E-state index contributed by atoms with van der Waals surface area (Å²) in [6.45, 7) is 3.59. The van der Waals surface area contributed by atoms with Crippen molar-refractivity contribution in [2.45, 2.75) is 81.6 Å². The molecule has 8 rings (SSSR count). The van der Waals surface area contributed by atoms with Crippen LogP contribution >= 0.6 is 0 Å². The summed E-state index contributed by atoms with van der Waals surface area (Å²) in [4.78, 5) is 53.6. The molecule has 0 bridgehead atoms. The Morgan fingerprint density at radius 3 is 2.12 bits per heavy atom. The molecule has 0 radical (unpaired) electrons. The van der Waals surface area contributed by atoms with Crippen LogP contribution in [0, 0.1) is 5.92 Å². The summed E-state index contributed by atoms with van der Waals surface area (Å²) in [7, 11) is 0. The van der Waals surface area contributed by atoms with Crippen molar-refractivity contribution in [1.82, 2.24) is 20.4 Å². The van der Waals surface area contributed by atoms with Crippen LogP contribution in [0.15, 0.2) is 97.1 Å². The van der Waals surface area contributed by atoms with E-state index in [4.69, 9.17) is 4.74 Å². The number of carbonyl (C=O) groups excluding carboxylic acids is 4. The van der Waals surface area contributed by atoms with Gasteiger partial charge in [0.15, 0.2) is 0 Å². The first kappa shape index (κ1) is 38.2. The molecular weight excluding hydrogens is 717 g/mol. The topological polar surface area (TPSA) is 128 Å². The van der Waals surface area contributed by atoms with E-state index in [0.29, 0.717) is 55.2 Å². The number of benzene rings is 4. The van der Waals surface area contributed by atoms with Crippen LogP contribution in [-0.4, -0.2) is 77.5 Å². The van der Waals surface area contributed by atoms with Gasteiger partial charge in [-0.3, -0.25) is 19.7 Å². The highest BCUT2D eigenvalue weighted by molar-refractivity contribution is 6.03. The number of rotatable bonds is 9. The third kappa shape index (κ3) is 8.85. The Morgan fingerprint density at radius 2 is 1.42 bits per heavy atom. The molecule has 3 N–H and O–H groups in total. The molecule has 3 heterocycles. The summed E-state index contributed by atoms with van der Waals surface area (Å²) in [5, 5.41) is 15.2. The smallest absolute Gasteiger partial charge is 0.319 e. The first-order valence-electron chi connectivity index (χ1n) is 20.7. The number of phenolic OH excluding ortho intramolecular Hbond substituents is 1. The molecule has 0 saturated carbocycles. The van der Waals surface area contributed by atoms with Crippen molar-refractivity contribution in [2.75, 3.05) is 32.8 Å². The zero-order chi connectivity index (χ0) is 39.3. The van der Waals surface area contributed by atoms with Gasteiger partial charge in [-0.2, -0.15) is 0 Å². The monoisotopic (exact) mass is 768 g/mol. The summed E-state index contributed by atoms with van der Waals surface area (Å²) in [5.41, 5.74) is 6.74. The van der Waals surface area contributed by atoms with Crippen molar-refractivity contribution in [3.8, 4) is 11.5 Å². The summed E-state index contributed by atoms with van der Waals surface area (Å²) in [6.07, 6.45) is 7.15. The number of imide groups is 1. The summed E-state index contributed by atoms with van der Waals surface area (Å²) in [5.74, 6) is 1.50. The SMILES string of the molecule is O=C1CCC(NC(=O)c2ccc(C3CCN(C(=O)N4CCC(CCOc5ccc([C@@H]6c7ccc(O)cc7CC[C@@H]6c6ccccc6)cc5)CC4)CC3)cc2)C(=O)N1. The maximum absolute atomic E-state index is 13.5. The maximum Gasteiger partial charge on any atom is 0.319 e. The van der Waals surface area contributed by atoms with E-state index < -0.39 is 11.9 Å². The van der Waals surface area contributed by atoms with E-state index >= 15 is 0 Å². The van der Waals surface area contributed by atoms with Crippen LogP contribution in [0.3, 0.4) is 0 Å². The second-order valence-electron chi connectivity index (χ2n) is 16.2. The van der Waals surface area contributed by atoms with Gasteiger partial charge >= 0.3 is 6.03 Å². The summed E-state index contributed by atoms with van der Waals surface area (Å²) < 4.78 is 6.25. The molecule has 3 atom stereocenters. The molecule has 57 heavy (non-hydrogen) atoms.